The summed E-state index contributed by atoms with van der Waals surface area (Å²) < 4.78 is 0. The normalized spacial score (nSPS) is 10.8. The van der Waals surface area contributed by atoms with Gasteiger partial charge in [0.2, 0.25) is 0 Å². The van der Waals surface area contributed by atoms with E-state index in [9.17, 15) is 4.79 Å². The molecule has 0 bridgehead atoms. The molecule has 1 N–H and O–H groups in total. The van der Waals surface area contributed by atoms with Crippen LogP contribution in [0.1, 0.15) is 21.5 Å². The van der Waals surface area contributed by atoms with Crippen molar-refractivity contribution in [3.05, 3.63) is 102 Å². The summed E-state index contributed by atoms with van der Waals surface area (Å²) in [5, 5.41) is 1.11. The fourth-order valence-corrected chi connectivity index (χ4v) is 3.23. The minimum absolute atomic E-state index is 0.0410. The number of fused-ring (bicyclic) bond motifs is 1. The number of aromatic nitrogens is 2. The zero-order chi connectivity index (χ0) is 18.5. The molecule has 0 saturated carbocycles. The smallest absolute Gasteiger partial charge is 0.254 e. The number of carbonyl (C=O) groups is 1. The average Bonchev–Trinajstić information content (AvgIpc) is 3.20. The summed E-state index contributed by atoms with van der Waals surface area (Å²) in [5.41, 5.74) is 3.98. The quantitative estimate of drug-likeness (QED) is 0.555. The number of nitrogens with zero attached hydrogens (tertiary/aromatic N) is 2. The van der Waals surface area contributed by atoms with E-state index in [2.05, 4.69) is 22.1 Å². The van der Waals surface area contributed by atoms with Gasteiger partial charge in [0.05, 0.1) is 0 Å². The lowest BCUT2D eigenvalue weighted by Gasteiger charge is -2.23. The summed E-state index contributed by atoms with van der Waals surface area (Å²) >= 11 is 0. The second kappa shape index (κ2) is 7.87. The van der Waals surface area contributed by atoms with Crippen molar-refractivity contribution < 1.29 is 4.79 Å². The highest BCUT2D eigenvalue weighted by atomic mass is 16.2. The Labute approximate surface area is 158 Å². The van der Waals surface area contributed by atoms with Gasteiger partial charge in [0, 0.05) is 42.8 Å². The van der Waals surface area contributed by atoms with Crippen LogP contribution in [0.2, 0.25) is 0 Å². The maximum absolute atomic E-state index is 13.2. The first-order chi connectivity index (χ1) is 13.3. The molecule has 2 heterocycles. The van der Waals surface area contributed by atoms with Crippen LogP contribution >= 0.6 is 0 Å². The first-order valence-corrected chi connectivity index (χ1v) is 9.09. The monoisotopic (exact) mass is 355 g/mol. The van der Waals surface area contributed by atoms with Gasteiger partial charge in [-0.15, -0.1) is 0 Å². The first kappa shape index (κ1) is 17.0. The third-order valence-electron chi connectivity index (χ3n) is 4.73. The van der Waals surface area contributed by atoms with Crippen LogP contribution in [0.15, 0.2) is 85.3 Å². The molecule has 0 atom stereocenters. The molecule has 1 amide bonds. The number of carbonyl (C=O) groups excluding carboxylic acids is 1. The Kier molecular flexibility index (Phi) is 4.97. The van der Waals surface area contributed by atoms with Gasteiger partial charge >= 0.3 is 0 Å². The number of H-pyrrole nitrogens is 1. The van der Waals surface area contributed by atoms with Gasteiger partial charge in [-0.1, -0.05) is 36.4 Å². The SMILES string of the molecule is O=C(c1ccc2cc[nH]c2c1)N(CCc1ccccc1)Cc1ccncc1. The standard InChI is InChI=1S/C23H21N3O/c27-23(21-7-6-20-10-14-25-22(20)16-21)26(17-19-8-12-24-13-9-19)15-11-18-4-2-1-3-5-18/h1-10,12-14,16,25H,11,15,17H2. The Morgan fingerprint density at radius 1 is 0.926 bits per heavy atom. The van der Waals surface area contributed by atoms with Crippen LogP contribution in [-0.2, 0) is 13.0 Å². The van der Waals surface area contributed by atoms with E-state index in [1.807, 2.05) is 65.7 Å². The van der Waals surface area contributed by atoms with E-state index >= 15 is 0 Å². The van der Waals surface area contributed by atoms with E-state index in [0.717, 1.165) is 22.9 Å². The highest BCUT2D eigenvalue weighted by Gasteiger charge is 2.17. The molecule has 2 aromatic heterocycles. The second-order valence-corrected chi connectivity index (χ2v) is 6.60. The fourth-order valence-electron chi connectivity index (χ4n) is 3.23. The average molecular weight is 355 g/mol. The zero-order valence-electron chi connectivity index (χ0n) is 15.0. The molecular weight excluding hydrogens is 334 g/mol. The molecular formula is C23H21N3O. The second-order valence-electron chi connectivity index (χ2n) is 6.60. The Balaban J connectivity index is 1.58. The summed E-state index contributed by atoms with van der Waals surface area (Å²) in [6, 6.07) is 22.0. The van der Waals surface area contributed by atoms with Crippen molar-refractivity contribution >= 4 is 16.8 Å². The summed E-state index contributed by atoms with van der Waals surface area (Å²) in [6.45, 7) is 1.23. The molecule has 2 aromatic carbocycles. The largest absolute Gasteiger partial charge is 0.361 e. The molecule has 0 spiro atoms. The number of rotatable bonds is 6. The number of aromatic amines is 1. The van der Waals surface area contributed by atoms with E-state index in [-0.39, 0.29) is 5.91 Å². The molecule has 4 heteroatoms. The predicted molar refractivity (Wildman–Crippen MR) is 107 cm³/mol. The van der Waals surface area contributed by atoms with Crippen LogP contribution in [0.3, 0.4) is 0 Å². The highest BCUT2D eigenvalue weighted by Crippen LogP contribution is 2.17. The van der Waals surface area contributed by atoms with Gasteiger partial charge in [0.15, 0.2) is 0 Å². The molecule has 27 heavy (non-hydrogen) atoms. The van der Waals surface area contributed by atoms with Crippen molar-refractivity contribution in [2.75, 3.05) is 6.54 Å². The van der Waals surface area contributed by atoms with E-state index < -0.39 is 0 Å². The van der Waals surface area contributed by atoms with Crippen LogP contribution < -0.4 is 0 Å². The van der Waals surface area contributed by atoms with Crippen molar-refractivity contribution in [2.45, 2.75) is 13.0 Å². The molecule has 134 valence electrons. The number of nitrogens with one attached hydrogen (secondary N) is 1. The Morgan fingerprint density at radius 2 is 1.74 bits per heavy atom. The summed E-state index contributed by atoms with van der Waals surface area (Å²) in [4.78, 5) is 22.4. The molecule has 0 saturated heterocycles. The van der Waals surface area contributed by atoms with Crippen LogP contribution in [0.25, 0.3) is 10.9 Å². The molecule has 4 aromatic rings. The van der Waals surface area contributed by atoms with Gasteiger partial charge in [-0.3, -0.25) is 9.78 Å². The van der Waals surface area contributed by atoms with Crippen LogP contribution in [0.5, 0.6) is 0 Å². The summed E-state index contributed by atoms with van der Waals surface area (Å²) in [6.07, 6.45) is 6.24. The molecule has 0 aliphatic heterocycles. The number of amides is 1. The maximum atomic E-state index is 13.2. The lowest BCUT2D eigenvalue weighted by Crippen LogP contribution is -2.32. The maximum Gasteiger partial charge on any atom is 0.254 e. The van der Waals surface area contributed by atoms with Crippen molar-refractivity contribution in [1.29, 1.82) is 0 Å². The third kappa shape index (κ3) is 4.06. The number of pyridine rings is 1. The highest BCUT2D eigenvalue weighted by molar-refractivity contribution is 5.97. The first-order valence-electron chi connectivity index (χ1n) is 9.09. The van der Waals surface area contributed by atoms with Gasteiger partial charge in [-0.25, -0.2) is 0 Å². The number of benzene rings is 2. The van der Waals surface area contributed by atoms with Gasteiger partial charge in [-0.2, -0.15) is 0 Å². The Hall–Kier alpha value is -3.40. The summed E-state index contributed by atoms with van der Waals surface area (Å²) in [5.74, 6) is 0.0410. The summed E-state index contributed by atoms with van der Waals surface area (Å²) in [7, 11) is 0. The number of hydrogen-bond donors (Lipinski definition) is 1. The third-order valence-corrected chi connectivity index (χ3v) is 4.73. The molecule has 0 unspecified atom stereocenters. The molecule has 0 fully saturated rings. The predicted octanol–water partition coefficient (Wildman–Crippen LogP) is 4.45. The molecule has 0 aliphatic carbocycles. The Morgan fingerprint density at radius 3 is 2.56 bits per heavy atom. The van der Waals surface area contributed by atoms with Crippen molar-refractivity contribution in [3.8, 4) is 0 Å². The van der Waals surface area contributed by atoms with Crippen molar-refractivity contribution in [1.82, 2.24) is 14.9 Å². The molecule has 4 nitrogen and oxygen atoms in total. The van der Waals surface area contributed by atoms with Crippen LogP contribution in [0, 0.1) is 0 Å². The lowest BCUT2D eigenvalue weighted by molar-refractivity contribution is 0.0745. The minimum Gasteiger partial charge on any atom is -0.361 e. The number of hydrogen-bond acceptors (Lipinski definition) is 2. The Bertz CT molecular complexity index is 1030. The van der Waals surface area contributed by atoms with E-state index in [0.29, 0.717) is 18.7 Å². The molecule has 4 rings (SSSR count). The topological polar surface area (TPSA) is 49.0 Å². The van der Waals surface area contributed by atoms with Gasteiger partial charge < -0.3 is 9.88 Å². The van der Waals surface area contributed by atoms with Crippen LogP contribution in [-0.4, -0.2) is 27.3 Å². The minimum atomic E-state index is 0.0410. The lowest BCUT2D eigenvalue weighted by atomic mass is 10.1. The van der Waals surface area contributed by atoms with Gasteiger partial charge in [0.25, 0.3) is 5.91 Å². The molecule has 0 radical (unpaired) electrons. The van der Waals surface area contributed by atoms with Crippen molar-refractivity contribution in [2.24, 2.45) is 0 Å². The van der Waals surface area contributed by atoms with Gasteiger partial charge in [0.1, 0.15) is 0 Å². The zero-order valence-corrected chi connectivity index (χ0v) is 15.0. The van der Waals surface area contributed by atoms with E-state index in [1.54, 1.807) is 12.4 Å². The van der Waals surface area contributed by atoms with Crippen LogP contribution in [0.4, 0.5) is 0 Å². The van der Waals surface area contributed by atoms with E-state index in [4.69, 9.17) is 0 Å². The van der Waals surface area contributed by atoms with E-state index in [1.165, 1.54) is 5.56 Å². The fraction of sp³-hybridized carbons (Fsp3) is 0.130. The van der Waals surface area contributed by atoms with Gasteiger partial charge in [-0.05, 0) is 53.3 Å². The molecule has 0 aliphatic rings. The van der Waals surface area contributed by atoms with Crippen molar-refractivity contribution in [3.63, 3.8) is 0 Å².